The SMILES string of the molecule is Clc1nccc(CO[C@@H]2CCNC2)n1. The minimum atomic E-state index is 0.274. The first-order valence-electron chi connectivity index (χ1n) is 4.64. The first-order valence-corrected chi connectivity index (χ1v) is 5.02. The van der Waals surface area contributed by atoms with Crippen LogP contribution in [0.25, 0.3) is 0 Å². The number of aromatic nitrogens is 2. The number of ether oxygens (including phenoxy) is 1. The molecular weight excluding hydrogens is 202 g/mol. The molecule has 1 aromatic heterocycles. The number of nitrogens with one attached hydrogen (secondary N) is 1. The van der Waals surface area contributed by atoms with Gasteiger partial charge in [-0.3, -0.25) is 0 Å². The third-order valence-corrected chi connectivity index (χ3v) is 2.35. The Morgan fingerprint density at radius 1 is 1.64 bits per heavy atom. The van der Waals surface area contributed by atoms with E-state index in [4.69, 9.17) is 16.3 Å². The maximum absolute atomic E-state index is 5.65. The van der Waals surface area contributed by atoms with E-state index in [9.17, 15) is 0 Å². The molecule has 1 aromatic rings. The molecule has 2 heterocycles. The molecule has 0 bridgehead atoms. The molecule has 0 aliphatic carbocycles. The van der Waals surface area contributed by atoms with Crippen molar-refractivity contribution in [3.05, 3.63) is 23.2 Å². The third-order valence-electron chi connectivity index (χ3n) is 2.17. The fourth-order valence-electron chi connectivity index (χ4n) is 1.42. The Morgan fingerprint density at radius 3 is 3.29 bits per heavy atom. The first-order chi connectivity index (χ1) is 6.84. The zero-order chi connectivity index (χ0) is 9.80. The summed E-state index contributed by atoms with van der Waals surface area (Å²) in [5, 5.41) is 3.51. The van der Waals surface area contributed by atoms with E-state index in [0.717, 1.165) is 25.2 Å². The number of halogens is 1. The summed E-state index contributed by atoms with van der Waals surface area (Å²) in [7, 11) is 0. The number of hydrogen-bond acceptors (Lipinski definition) is 4. The standard InChI is InChI=1S/C9H12ClN3O/c10-9-12-4-1-7(13-9)6-14-8-2-3-11-5-8/h1,4,8,11H,2-3,5-6H2/t8-/m1/s1. The molecule has 76 valence electrons. The Bertz CT molecular complexity index is 302. The fourth-order valence-corrected chi connectivity index (χ4v) is 1.59. The molecule has 0 aromatic carbocycles. The highest BCUT2D eigenvalue weighted by Crippen LogP contribution is 2.07. The van der Waals surface area contributed by atoms with Gasteiger partial charge in [-0.05, 0) is 30.6 Å². The zero-order valence-electron chi connectivity index (χ0n) is 7.74. The van der Waals surface area contributed by atoms with Crippen LogP contribution in [0.4, 0.5) is 0 Å². The van der Waals surface area contributed by atoms with Crippen LogP contribution in [0.3, 0.4) is 0 Å². The van der Waals surface area contributed by atoms with Crippen molar-refractivity contribution in [1.82, 2.24) is 15.3 Å². The van der Waals surface area contributed by atoms with E-state index in [0.29, 0.717) is 12.7 Å². The van der Waals surface area contributed by atoms with Gasteiger partial charge in [-0.2, -0.15) is 0 Å². The minimum absolute atomic E-state index is 0.274. The second-order valence-electron chi connectivity index (χ2n) is 3.24. The molecule has 1 N–H and O–H groups in total. The molecule has 2 rings (SSSR count). The van der Waals surface area contributed by atoms with Gasteiger partial charge in [-0.25, -0.2) is 9.97 Å². The predicted octanol–water partition coefficient (Wildman–Crippen LogP) is 1.01. The average Bonchev–Trinajstić information content (AvgIpc) is 2.67. The van der Waals surface area contributed by atoms with Gasteiger partial charge in [0.25, 0.3) is 0 Å². The van der Waals surface area contributed by atoms with Crippen LogP contribution in [-0.4, -0.2) is 29.2 Å². The maximum atomic E-state index is 5.65. The number of hydrogen-bond donors (Lipinski definition) is 1. The summed E-state index contributed by atoms with van der Waals surface area (Å²) in [6.45, 7) is 2.47. The molecule has 4 nitrogen and oxygen atoms in total. The molecule has 5 heteroatoms. The van der Waals surface area contributed by atoms with Crippen molar-refractivity contribution in [2.75, 3.05) is 13.1 Å². The van der Waals surface area contributed by atoms with E-state index in [2.05, 4.69) is 15.3 Å². The van der Waals surface area contributed by atoms with Crippen molar-refractivity contribution < 1.29 is 4.74 Å². The highest BCUT2D eigenvalue weighted by molar-refractivity contribution is 6.28. The molecule has 1 saturated heterocycles. The average molecular weight is 214 g/mol. The highest BCUT2D eigenvalue weighted by Gasteiger charge is 2.14. The van der Waals surface area contributed by atoms with Crippen molar-refractivity contribution in [2.45, 2.75) is 19.1 Å². The fraction of sp³-hybridized carbons (Fsp3) is 0.556. The quantitative estimate of drug-likeness (QED) is 0.762. The second-order valence-corrected chi connectivity index (χ2v) is 3.58. The summed E-state index contributed by atoms with van der Waals surface area (Å²) in [6.07, 6.45) is 3.02. The molecule has 0 unspecified atom stereocenters. The van der Waals surface area contributed by atoms with Crippen LogP contribution in [0.15, 0.2) is 12.3 Å². The molecule has 14 heavy (non-hydrogen) atoms. The topological polar surface area (TPSA) is 47.0 Å². The van der Waals surface area contributed by atoms with E-state index in [1.807, 2.05) is 6.07 Å². The van der Waals surface area contributed by atoms with Crippen LogP contribution >= 0.6 is 11.6 Å². The van der Waals surface area contributed by atoms with Crippen LogP contribution in [0.5, 0.6) is 0 Å². The summed E-state index contributed by atoms with van der Waals surface area (Å²) in [6, 6.07) is 1.81. The highest BCUT2D eigenvalue weighted by atomic mass is 35.5. The van der Waals surface area contributed by atoms with Crippen LogP contribution < -0.4 is 5.32 Å². The lowest BCUT2D eigenvalue weighted by Gasteiger charge is -2.09. The molecule has 0 amide bonds. The van der Waals surface area contributed by atoms with Crippen molar-refractivity contribution in [1.29, 1.82) is 0 Å². The Hall–Kier alpha value is -0.710. The second kappa shape index (κ2) is 4.68. The molecule has 1 aliphatic heterocycles. The Kier molecular flexibility index (Phi) is 3.29. The van der Waals surface area contributed by atoms with E-state index >= 15 is 0 Å². The van der Waals surface area contributed by atoms with Crippen LogP contribution in [-0.2, 0) is 11.3 Å². The Morgan fingerprint density at radius 2 is 2.57 bits per heavy atom. The molecular formula is C9H12ClN3O. The lowest BCUT2D eigenvalue weighted by Crippen LogP contribution is -2.16. The summed E-state index contributed by atoms with van der Waals surface area (Å²) in [5.74, 6) is 0. The van der Waals surface area contributed by atoms with E-state index in [1.54, 1.807) is 6.20 Å². The Balaban J connectivity index is 1.85. The van der Waals surface area contributed by atoms with E-state index in [1.165, 1.54) is 0 Å². The molecule has 1 fully saturated rings. The van der Waals surface area contributed by atoms with Crippen molar-refractivity contribution in [3.63, 3.8) is 0 Å². The van der Waals surface area contributed by atoms with Crippen LogP contribution in [0, 0.1) is 0 Å². The van der Waals surface area contributed by atoms with Gasteiger partial charge >= 0.3 is 0 Å². The Labute approximate surface area is 87.7 Å². The van der Waals surface area contributed by atoms with Gasteiger partial charge in [0.1, 0.15) is 0 Å². The monoisotopic (exact) mass is 213 g/mol. The van der Waals surface area contributed by atoms with Gasteiger partial charge in [-0.15, -0.1) is 0 Å². The third kappa shape index (κ3) is 2.64. The van der Waals surface area contributed by atoms with Gasteiger partial charge in [0.15, 0.2) is 0 Å². The van der Waals surface area contributed by atoms with E-state index < -0.39 is 0 Å². The first kappa shape index (κ1) is 9.83. The van der Waals surface area contributed by atoms with E-state index in [-0.39, 0.29) is 5.28 Å². The normalized spacial score (nSPS) is 21.4. The number of nitrogens with zero attached hydrogens (tertiary/aromatic N) is 2. The van der Waals surface area contributed by atoms with Gasteiger partial charge < -0.3 is 10.1 Å². The maximum Gasteiger partial charge on any atom is 0.222 e. The molecule has 1 atom stereocenters. The summed E-state index contributed by atoms with van der Waals surface area (Å²) in [4.78, 5) is 7.85. The molecule has 0 saturated carbocycles. The lowest BCUT2D eigenvalue weighted by molar-refractivity contribution is 0.0522. The van der Waals surface area contributed by atoms with Crippen LogP contribution in [0.2, 0.25) is 5.28 Å². The summed E-state index contributed by atoms with van der Waals surface area (Å²) in [5.41, 5.74) is 0.830. The predicted molar refractivity (Wildman–Crippen MR) is 53.1 cm³/mol. The lowest BCUT2D eigenvalue weighted by atomic mass is 10.3. The molecule has 1 aliphatic rings. The molecule has 0 radical (unpaired) electrons. The van der Waals surface area contributed by atoms with Gasteiger partial charge in [0, 0.05) is 12.7 Å². The minimum Gasteiger partial charge on any atom is -0.371 e. The van der Waals surface area contributed by atoms with Crippen molar-refractivity contribution in [2.24, 2.45) is 0 Å². The van der Waals surface area contributed by atoms with Gasteiger partial charge in [0.2, 0.25) is 5.28 Å². The van der Waals surface area contributed by atoms with Crippen molar-refractivity contribution >= 4 is 11.6 Å². The zero-order valence-corrected chi connectivity index (χ0v) is 8.50. The van der Waals surface area contributed by atoms with Gasteiger partial charge in [0.05, 0.1) is 18.4 Å². The largest absolute Gasteiger partial charge is 0.371 e. The van der Waals surface area contributed by atoms with Crippen LogP contribution in [0.1, 0.15) is 12.1 Å². The van der Waals surface area contributed by atoms with Gasteiger partial charge in [-0.1, -0.05) is 0 Å². The summed E-state index contributed by atoms with van der Waals surface area (Å²) < 4.78 is 5.63. The van der Waals surface area contributed by atoms with Crippen molar-refractivity contribution in [3.8, 4) is 0 Å². The summed E-state index contributed by atoms with van der Waals surface area (Å²) >= 11 is 5.65. The number of rotatable bonds is 3. The smallest absolute Gasteiger partial charge is 0.222 e. The molecule has 0 spiro atoms.